The number of nitrogens with zero attached hydrogens (tertiary/aromatic N) is 1. The number of primary amides is 1. The zero-order valence-electron chi connectivity index (χ0n) is 10.8. The zero-order valence-corrected chi connectivity index (χ0v) is 10.8. The first kappa shape index (κ1) is 13.4. The van der Waals surface area contributed by atoms with Gasteiger partial charge in [0.05, 0.1) is 0 Å². The number of likely N-dealkylation sites (tertiary alicyclic amines) is 1. The molecule has 1 aliphatic heterocycles. The number of nitrogens with one attached hydrogen (secondary N) is 1. The van der Waals surface area contributed by atoms with Gasteiger partial charge in [-0.3, -0.25) is 4.79 Å². The molecule has 1 heterocycles. The molecule has 5 nitrogen and oxygen atoms in total. The molecule has 0 spiro atoms. The Morgan fingerprint density at radius 2 is 1.84 bits per heavy atom. The lowest BCUT2D eigenvalue weighted by Crippen LogP contribution is -2.50. The predicted molar refractivity (Wildman–Crippen MR) is 72.5 cm³/mol. The highest BCUT2D eigenvalue weighted by Crippen LogP contribution is 2.12. The van der Waals surface area contributed by atoms with E-state index < -0.39 is 12.1 Å². The topological polar surface area (TPSA) is 75.4 Å². The number of nitrogens with two attached hydrogens (primary N) is 1. The van der Waals surface area contributed by atoms with Crippen LogP contribution in [0.2, 0.25) is 0 Å². The number of hydrogen-bond acceptors (Lipinski definition) is 2. The molecule has 1 aliphatic rings. The molecule has 1 aromatic rings. The van der Waals surface area contributed by atoms with Crippen LogP contribution in [0.5, 0.6) is 0 Å². The van der Waals surface area contributed by atoms with Crippen LogP contribution in [-0.4, -0.2) is 36.0 Å². The maximum atomic E-state index is 12.3. The van der Waals surface area contributed by atoms with Crippen LogP contribution >= 0.6 is 0 Å². The molecule has 0 saturated carbocycles. The Labute approximate surface area is 112 Å². The molecule has 0 unspecified atom stereocenters. The van der Waals surface area contributed by atoms with Crippen molar-refractivity contribution < 1.29 is 9.59 Å². The van der Waals surface area contributed by atoms with Crippen LogP contribution in [0.15, 0.2) is 30.3 Å². The summed E-state index contributed by atoms with van der Waals surface area (Å²) in [7, 11) is 0. The Balaban J connectivity index is 2.06. The third kappa shape index (κ3) is 3.71. The van der Waals surface area contributed by atoms with E-state index in [2.05, 4.69) is 5.32 Å². The van der Waals surface area contributed by atoms with Crippen molar-refractivity contribution in [2.24, 2.45) is 5.73 Å². The van der Waals surface area contributed by atoms with Gasteiger partial charge in [0.1, 0.15) is 6.04 Å². The normalized spacial score (nSPS) is 16.1. The molecular formula is C14H19N3O2. The molecule has 1 atom stereocenters. The summed E-state index contributed by atoms with van der Waals surface area (Å²) in [6, 6.07) is 8.39. The zero-order chi connectivity index (χ0) is 13.7. The number of benzene rings is 1. The maximum absolute atomic E-state index is 12.3. The molecule has 3 amide bonds. The minimum absolute atomic E-state index is 0.0415. The summed E-state index contributed by atoms with van der Waals surface area (Å²) < 4.78 is 0. The van der Waals surface area contributed by atoms with Crippen molar-refractivity contribution >= 4 is 11.9 Å². The van der Waals surface area contributed by atoms with Gasteiger partial charge in [-0.1, -0.05) is 30.3 Å². The van der Waals surface area contributed by atoms with Crippen molar-refractivity contribution in [3.63, 3.8) is 0 Å². The average molecular weight is 261 g/mol. The van der Waals surface area contributed by atoms with Gasteiger partial charge in [-0.2, -0.15) is 0 Å². The van der Waals surface area contributed by atoms with Crippen molar-refractivity contribution in [1.29, 1.82) is 0 Å². The van der Waals surface area contributed by atoms with E-state index in [1.54, 1.807) is 4.90 Å². The Hall–Kier alpha value is -2.04. The summed E-state index contributed by atoms with van der Waals surface area (Å²) in [4.78, 5) is 25.2. The second kappa shape index (κ2) is 6.22. The third-order valence-electron chi connectivity index (χ3n) is 3.31. The standard InChI is InChI=1S/C14H19N3O2/c15-14(19)16-12(10-11-6-2-1-3-7-11)13(18)17-8-4-5-9-17/h1-3,6-7,12H,4-5,8-10H2,(H3,15,16,19)/t12-/m1/s1. The molecule has 1 saturated heterocycles. The summed E-state index contributed by atoms with van der Waals surface area (Å²) in [6.45, 7) is 1.54. The van der Waals surface area contributed by atoms with Gasteiger partial charge in [0, 0.05) is 19.5 Å². The lowest BCUT2D eigenvalue weighted by Gasteiger charge is -2.23. The van der Waals surface area contributed by atoms with E-state index in [1.807, 2.05) is 30.3 Å². The molecule has 0 aliphatic carbocycles. The van der Waals surface area contributed by atoms with E-state index >= 15 is 0 Å². The van der Waals surface area contributed by atoms with Crippen molar-refractivity contribution in [2.75, 3.05) is 13.1 Å². The predicted octanol–water partition coefficient (Wildman–Crippen LogP) is 0.888. The summed E-state index contributed by atoms with van der Waals surface area (Å²) in [6.07, 6.45) is 2.53. The minimum atomic E-state index is -0.659. The Morgan fingerprint density at radius 1 is 1.21 bits per heavy atom. The van der Waals surface area contributed by atoms with Gasteiger partial charge >= 0.3 is 6.03 Å². The number of hydrogen-bond donors (Lipinski definition) is 2. The number of carbonyl (C=O) groups excluding carboxylic acids is 2. The van der Waals surface area contributed by atoms with E-state index in [4.69, 9.17) is 5.73 Å². The summed E-state index contributed by atoms with van der Waals surface area (Å²) in [5.41, 5.74) is 6.17. The first-order chi connectivity index (χ1) is 9.16. The van der Waals surface area contributed by atoms with Crippen LogP contribution in [0.4, 0.5) is 4.79 Å². The van der Waals surface area contributed by atoms with Crippen molar-refractivity contribution in [3.8, 4) is 0 Å². The van der Waals surface area contributed by atoms with Gasteiger partial charge < -0.3 is 16.0 Å². The number of amides is 3. The van der Waals surface area contributed by atoms with Crippen molar-refractivity contribution in [1.82, 2.24) is 10.2 Å². The van der Waals surface area contributed by atoms with Crippen LogP contribution in [-0.2, 0) is 11.2 Å². The van der Waals surface area contributed by atoms with Gasteiger partial charge in [0.2, 0.25) is 5.91 Å². The van der Waals surface area contributed by atoms with Crippen LogP contribution in [0.3, 0.4) is 0 Å². The average Bonchev–Trinajstić information content (AvgIpc) is 2.91. The quantitative estimate of drug-likeness (QED) is 0.844. The van der Waals surface area contributed by atoms with E-state index in [0.717, 1.165) is 31.5 Å². The van der Waals surface area contributed by atoms with E-state index in [1.165, 1.54) is 0 Å². The minimum Gasteiger partial charge on any atom is -0.352 e. The van der Waals surface area contributed by atoms with Gasteiger partial charge in [0.15, 0.2) is 0 Å². The van der Waals surface area contributed by atoms with Gasteiger partial charge in [-0.05, 0) is 18.4 Å². The number of rotatable bonds is 4. The largest absolute Gasteiger partial charge is 0.352 e. The number of urea groups is 1. The second-order valence-electron chi connectivity index (χ2n) is 4.78. The highest BCUT2D eigenvalue weighted by Gasteiger charge is 2.27. The lowest BCUT2D eigenvalue weighted by atomic mass is 10.1. The van der Waals surface area contributed by atoms with Gasteiger partial charge in [-0.15, -0.1) is 0 Å². The lowest BCUT2D eigenvalue weighted by molar-refractivity contribution is -0.132. The van der Waals surface area contributed by atoms with Crippen LogP contribution in [0.1, 0.15) is 18.4 Å². The first-order valence-corrected chi connectivity index (χ1v) is 6.55. The van der Waals surface area contributed by atoms with E-state index in [9.17, 15) is 9.59 Å². The molecule has 0 aromatic heterocycles. The summed E-state index contributed by atoms with van der Waals surface area (Å²) in [5, 5.41) is 2.55. The summed E-state index contributed by atoms with van der Waals surface area (Å²) >= 11 is 0. The first-order valence-electron chi connectivity index (χ1n) is 6.55. The Bertz CT molecular complexity index is 441. The summed E-state index contributed by atoms with van der Waals surface area (Å²) in [5.74, 6) is -0.0415. The third-order valence-corrected chi connectivity index (χ3v) is 3.31. The molecule has 0 bridgehead atoms. The monoisotopic (exact) mass is 261 g/mol. The molecule has 102 valence electrons. The fourth-order valence-corrected chi connectivity index (χ4v) is 2.38. The highest BCUT2D eigenvalue weighted by atomic mass is 16.2. The van der Waals surface area contributed by atoms with E-state index in [-0.39, 0.29) is 5.91 Å². The molecule has 0 radical (unpaired) electrons. The fourth-order valence-electron chi connectivity index (χ4n) is 2.38. The highest BCUT2D eigenvalue weighted by molar-refractivity contribution is 5.87. The molecule has 1 aromatic carbocycles. The SMILES string of the molecule is NC(=O)N[C@H](Cc1ccccc1)C(=O)N1CCCC1. The van der Waals surface area contributed by atoms with Crippen molar-refractivity contribution in [2.45, 2.75) is 25.3 Å². The van der Waals surface area contributed by atoms with E-state index in [0.29, 0.717) is 6.42 Å². The Kier molecular flexibility index (Phi) is 4.39. The molecule has 1 fully saturated rings. The van der Waals surface area contributed by atoms with Gasteiger partial charge in [0.25, 0.3) is 0 Å². The van der Waals surface area contributed by atoms with Gasteiger partial charge in [-0.25, -0.2) is 4.79 Å². The molecule has 3 N–H and O–H groups in total. The molecule has 5 heteroatoms. The van der Waals surface area contributed by atoms with Crippen LogP contribution in [0.25, 0.3) is 0 Å². The molecule has 19 heavy (non-hydrogen) atoms. The second-order valence-corrected chi connectivity index (χ2v) is 4.78. The van der Waals surface area contributed by atoms with Crippen LogP contribution in [0, 0.1) is 0 Å². The number of carbonyl (C=O) groups is 2. The van der Waals surface area contributed by atoms with Crippen molar-refractivity contribution in [3.05, 3.63) is 35.9 Å². The molecule has 2 rings (SSSR count). The van der Waals surface area contributed by atoms with Crippen LogP contribution < -0.4 is 11.1 Å². The fraction of sp³-hybridized carbons (Fsp3) is 0.429. The Morgan fingerprint density at radius 3 is 2.42 bits per heavy atom. The molecular weight excluding hydrogens is 242 g/mol. The smallest absolute Gasteiger partial charge is 0.312 e. The maximum Gasteiger partial charge on any atom is 0.312 e.